The van der Waals surface area contributed by atoms with Crippen LogP contribution in [0, 0.1) is 0 Å². The monoisotopic (exact) mass is 232 g/mol. The van der Waals surface area contributed by atoms with Crippen LogP contribution in [0.4, 0.5) is 26.3 Å². The van der Waals surface area contributed by atoms with Crippen molar-refractivity contribution in [1.29, 1.82) is 0 Å². The molecule has 0 heterocycles. The summed E-state index contributed by atoms with van der Waals surface area (Å²) in [6.07, 6.45) is -16.6. The van der Waals surface area contributed by atoms with Crippen molar-refractivity contribution in [3.05, 3.63) is 0 Å². The van der Waals surface area contributed by atoms with E-state index in [9.17, 15) is 31.4 Å². The Kier molecular flexibility index (Phi) is 6.98. The van der Waals surface area contributed by atoms with Crippen LogP contribution in [0.1, 0.15) is 6.92 Å². The molecule has 0 aromatic rings. The molecule has 1 atom stereocenters. The summed E-state index contributed by atoms with van der Waals surface area (Å²) in [7, 11) is 0. The molecule has 0 aliphatic rings. The zero-order valence-electron chi connectivity index (χ0n) is 7.95. The topological polar surface area (TPSA) is 32.3 Å². The summed E-state index contributed by atoms with van der Waals surface area (Å²) < 4.78 is 74.2. The van der Waals surface area contributed by atoms with E-state index < -0.39 is 31.2 Å². The fraction of sp³-hybridized carbons (Fsp3) is 1.00. The van der Waals surface area contributed by atoms with E-state index in [1.165, 1.54) is 0 Å². The van der Waals surface area contributed by atoms with Crippen LogP contribution in [-0.4, -0.2) is 31.2 Å². The maximum absolute atomic E-state index is 11.8. The van der Waals surface area contributed by atoms with Crippen molar-refractivity contribution in [2.45, 2.75) is 31.5 Å². The van der Waals surface area contributed by atoms with Gasteiger partial charge in [0.15, 0.2) is 0 Å². The van der Waals surface area contributed by atoms with Gasteiger partial charge in [-0.25, -0.2) is 0 Å². The van der Waals surface area contributed by atoms with E-state index in [0.29, 0.717) is 0 Å². The van der Waals surface area contributed by atoms with Gasteiger partial charge in [-0.2, -0.15) is 26.3 Å². The van der Waals surface area contributed by atoms with E-state index in [1.54, 1.807) is 0 Å². The van der Waals surface area contributed by atoms with Gasteiger partial charge >= 0.3 is 31.2 Å². The predicted molar refractivity (Wildman–Crippen MR) is 31.3 cm³/mol. The van der Waals surface area contributed by atoms with Crippen molar-refractivity contribution in [3.63, 3.8) is 0 Å². The van der Waals surface area contributed by atoms with Crippen LogP contribution in [0.3, 0.4) is 0 Å². The van der Waals surface area contributed by atoms with Gasteiger partial charge in [-0.05, 0) is 6.92 Å². The second-order valence-corrected chi connectivity index (χ2v) is 2.58. The van der Waals surface area contributed by atoms with Crippen molar-refractivity contribution < 1.29 is 55.0 Å². The summed E-state index contributed by atoms with van der Waals surface area (Å²) in [6, 6.07) is 0. The van der Waals surface area contributed by atoms with Crippen molar-refractivity contribution in [1.82, 2.24) is 0 Å². The smallest absolute Gasteiger partial charge is 0.853 e. The van der Waals surface area contributed by atoms with E-state index in [2.05, 4.69) is 4.74 Å². The molecule has 86 valence electrons. The predicted octanol–water partition coefficient (Wildman–Crippen LogP) is -1.75. The first-order valence-corrected chi connectivity index (χ1v) is 3.46. The molecule has 0 aromatic heterocycles. The zero-order valence-corrected chi connectivity index (χ0v) is 7.95. The molecule has 0 fully saturated rings. The molecule has 0 bridgehead atoms. The summed E-state index contributed by atoms with van der Waals surface area (Å²) in [5.74, 6) is 0. The summed E-state index contributed by atoms with van der Waals surface area (Å²) in [4.78, 5) is 0. The maximum Gasteiger partial charge on any atom is 1.00 e. The Morgan fingerprint density at radius 1 is 1.07 bits per heavy atom. The van der Waals surface area contributed by atoms with Gasteiger partial charge in [0, 0.05) is 6.10 Å². The number of halogens is 6. The summed E-state index contributed by atoms with van der Waals surface area (Å²) in [6.45, 7) is -0.319. The largest absolute Gasteiger partial charge is 1.00 e. The SMILES string of the molecule is CC(C[O-])OC(C(F)(F)F)C(F)(F)F.[Li+]. The molecule has 0 amide bonds. The molecule has 0 saturated carbocycles. The number of hydrogen-bond donors (Lipinski definition) is 0. The molecule has 2 nitrogen and oxygen atoms in total. The van der Waals surface area contributed by atoms with E-state index in [0.717, 1.165) is 6.92 Å². The standard InChI is InChI=1S/C6H7F6O2.Li/c1-3(2-13)14-4(5(7,8)9)6(10,11)12;/h3-4H,2H2,1H3;/q-1;+1. The summed E-state index contributed by atoms with van der Waals surface area (Å²) in [5, 5.41) is 9.96. The molecular weight excluding hydrogens is 225 g/mol. The third-order valence-electron chi connectivity index (χ3n) is 1.20. The number of ether oxygens (including phenoxy) is 1. The fourth-order valence-electron chi connectivity index (χ4n) is 0.611. The van der Waals surface area contributed by atoms with Gasteiger partial charge in [-0.15, -0.1) is 6.61 Å². The average molecular weight is 232 g/mol. The third-order valence-corrected chi connectivity index (χ3v) is 1.20. The quantitative estimate of drug-likeness (QED) is 0.427. The van der Waals surface area contributed by atoms with Gasteiger partial charge in [0.2, 0.25) is 6.10 Å². The molecule has 0 saturated heterocycles. The molecule has 0 aliphatic heterocycles. The Bertz CT molecular complexity index is 165. The van der Waals surface area contributed by atoms with Crippen LogP contribution >= 0.6 is 0 Å². The molecule has 0 rings (SSSR count). The van der Waals surface area contributed by atoms with Gasteiger partial charge < -0.3 is 9.84 Å². The second kappa shape index (κ2) is 5.99. The molecule has 0 radical (unpaired) electrons. The van der Waals surface area contributed by atoms with Gasteiger partial charge in [0.25, 0.3) is 0 Å². The van der Waals surface area contributed by atoms with Gasteiger partial charge in [0.1, 0.15) is 0 Å². The summed E-state index contributed by atoms with van der Waals surface area (Å²) in [5.41, 5.74) is 0. The van der Waals surface area contributed by atoms with Crippen LogP contribution in [0.2, 0.25) is 0 Å². The first kappa shape index (κ1) is 17.5. The molecule has 0 spiro atoms. The molecule has 15 heavy (non-hydrogen) atoms. The van der Waals surface area contributed by atoms with Crippen molar-refractivity contribution >= 4 is 0 Å². The van der Waals surface area contributed by atoms with Crippen LogP contribution in [0.25, 0.3) is 0 Å². The van der Waals surface area contributed by atoms with Crippen LogP contribution < -0.4 is 24.0 Å². The fourth-order valence-corrected chi connectivity index (χ4v) is 0.611. The minimum absolute atomic E-state index is 0. The molecule has 1 unspecified atom stereocenters. The maximum atomic E-state index is 11.8. The Morgan fingerprint density at radius 3 is 1.60 bits per heavy atom. The molecule has 0 N–H and O–H groups in total. The van der Waals surface area contributed by atoms with Gasteiger partial charge in [0.05, 0.1) is 0 Å². The zero-order chi connectivity index (χ0) is 11.6. The Hall–Kier alpha value is 0.0974. The van der Waals surface area contributed by atoms with Gasteiger partial charge in [-0.1, -0.05) is 0 Å². The van der Waals surface area contributed by atoms with Gasteiger partial charge in [-0.3, -0.25) is 0 Å². The Balaban J connectivity index is 0. The number of hydrogen-bond acceptors (Lipinski definition) is 2. The van der Waals surface area contributed by atoms with E-state index in [-0.39, 0.29) is 18.9 Å². The second-order valence-electron chi connectivity index (χ2n) is 2.58. The first-order valence-electron chi connectivity index (χ1n) is 3.46. The minimum atomic E-state index is -5.55. The van der Waals surface area contributed by atoms with Crippen molar-refractivity contribution in [2.75, 3.05) is 6.61 Å². The average Bonchev–Trinajstić information content (AvgIpc) is 1.95. The molecule has 9 heteroatoms. The third kappa shape index (κ3) is 6.30. The molecular formula is C6H7F6LiO2. The Morgan fingerprint density at radius 2 is 1.40 bits per heavy atom. The normalized spacial score (nSPS) is 15.0. The molecule has 0 aliphatic carbocycles. The van der Waals surface area contributed by atoms with Crippen LogP contribution in [-0.2, 0) is 4.74 Å². The van der Waals surface area contributed by atoms with Crippen molar-refractivity contribution in [3.8, 4) is 0 Å². The van der Waals surface area contributed by atoms with E-state index >= 15 is 0 Å². The van der Waals surface area contributed by atoms with E-state index in [4.69, 9.17) is 0 Å². The van der Waals surface area contributed by atoms with Crippen LogP contribution in [0.5, 0.6) is 0 Å². The minimum Gasteiger partial charge on any atom is -0.853 e. The van der Waals surface area contributed by atoms with Crippen LogP contribution in [0.15, 0.2) is 0 Å². The van der Waals surface area contributed by atoms with Crippen molar-refractivity contribution in [2.24, 2.45) is 0 Å². The van der Waals surface area contributed by atoms with E-state index in [1.807, 2.05) is 0 Å². The first-order chi connectivity index (χ1) is 6.09. The number of alkyl halides is 6. The summed E-state index contributed by atoms with van der Waals surface area (Å²) >= 11 is 0. The number of rotatable bonds is 3. The molecule has 0 aromatic carbocycles. The Labute approximate surface area is 93.8 Å².